The lowest BCUT2D eigenvalue weighted by Gasteiger charge is -2.19. The van der Waals surface area contributed by atoms with E-state index in [0.29, 0.717) is 13.0 Å². The first kappa shape index (κ1) is 16.6. The smallest absolute Gasteiger partial charge is 0.324 e. The fraction of sp³-hybridized carbons (Fsp3) is 0.375. The minimum Gasteiger partial charge on any atom is -0.393 e. The monoisotopic (exact) mass is 320 g/mol. The van der Waals surface area contributed by atoms with E-state index >= 15 is 0 Å². The van der Waals surface area contributed by atoms with E-state index in [0.717, 1.165) is 23.4 Å². The van der Waals surface area contributed by atoms with Crippen LogP contribution in [0, 0.1) is 10.1 Å². The third-order valence-corrected chi connectivity index (χ3v) is 4.37. The summed E-state index contributed by atoms with van der Waals surface area (Å²) < 4.78 is 0. The molecule has 118 valence electrons. The van der Waals surface area contributed by atoms with E-state index in [4.69, 9.17) is 0 Å². The average Bonchev–Trinajstić information content (AvgIpc) is 2.96. The van der Waals surface area contributed by atoms with Crippen molar-refractivity contribution < 1.29 is 10.0 Å². The molecule has 6 heteroatoms. The van der Waals surface area contributed by atoms with Gasteiger partial charge >= 0.3 is 5.00 Å². The van der Waals surface area contributed by atoms with Crippen molar-refractivity contribution in [3.8, 4) is 0 Å². The first-order valence-electron chi connectivity index (χ1n) is 7.21. The molecule has 1 heterocycles. The molecule has 1 aromatic heterocycles. The van der Waals surface area contributed by atoms with Crippen LogP contribution in [0.5, 0.6) is 0 Å². The van der Waals surface area contributed by atoms with Gasteiger partial charge < -0.3 is 10.4 Å². The second-order valence-electron chi connectivity index (χ2n) is 5.37. The molecule has 22 heavy (non-hydrogen) atoms. The Kier molecular flexibility index (Phi) is 6.06. The zero-order valence-corrected chi connectivity index (χ0v) is 13.3. The number of rotatable bonds is 8. The third kappa shape index (κ3) is 4.91. The summed E-state index contributed by atoms with van der Waals surface area (Å²) in [5.74, 6) is 0.217. The maximum absolute atomic E-state index is 10.7. The zero-order valence-electron chi connectivity index (χ0n) is 12.4. The molecule has 5 nitrogen and oxygen atoms in total. The van der Waals surface area contributed by atoms with Crippen LogP contribution in [0.25, 0.3) is 0 Å². The van der Waals surface area contributed by atoms with Crippen LogP contribution in [0.15, 0.2) is 41.8 Å². The Morgan fingerprint density at radius 1 is 1.36 bits per heavy atom. The molecule has 0 aliphatic carbocycles. The van der Waals surface area contributed by atoms with Gasteiger partial charge in [0.15, 0.2) is 0 Å². The van der Waals surface area contributed by atoms with Crippen molar-refractivity contribution in [3.05, 3.63) is 63.0 Å². The van der Waals surface area contributed by atoms with Gasteiger partial charge in [0.05, 0.1) is 11.0 Å². The molecule has 0 saturated carbocycles. The Bertz CT molecular complexity index is 598. The molecule has 0 amide bonds. The van der Waals surface area contributed by atoms with E-state index in [-0.39, 0.29) is 21.9 Å². The maximum atomic E-state index is 10.7. The van der Waals surface area contributed by atoms with Gasteiger partial charge in [0.25, 0.3) is 0 Å². The highest BCUT2D eigenvalue weighted by Crippen LogP contribution is 2.23. The van der Waals surface area contributed by atoms with Gasteiger partial charge in [-0.15, -0.1) is 0 Å². The molecule has 2 N–H and O–H groups in total. The standard InChI is InChI=1S/C16H20N2O3S/c1-12(19)7-15(14-5-3-2-4-6-14)10-17-9-13-8-16(18(20)21)22-11-13/h2-6,8,11-12,15,17,19H,7,9-10H2,1H3. The molecule has 1 aromatic carbocycles. The average molecular weight is 320 g/mol. The van der Waals surface area contributed by atoms with E-state index in [2.05, 4.69) is 17.4 Å². The number of thiophene rings is 1. The Morgan fingerprint density at radius 2 is 2.09 bits per heavy atom. The Balaban J connectivity index is 1.92. The highest BCUT2D eigenvalue weighted by molar-refractivity contribution is 7.13. The number of hydrogen-bond donors (Lipinski definition) is 2. The van der Waals surface area contributed by atoms with Gasteiger partial charge in [0, 0.05) is 24.5 Å². The van der Waals surface area contributed by atoms with Gasteiger partial charge in [-0.2, -0.15) is 0 Å². The molecule has 2 atom stereocenters. The summed E-state index contributed by atoms with van der Waals surface area (Å²) in [6.07, 6.45) is 0.315. The van der Waals surface area contributed by atoms with Crippen LogP contribution in [0.2, 0.25) is 0 Å². The number of aliphatic hydroxyl groups is 1. The van der Waals surface area contributed by atoms with Gasteiger partial charge in [-0.3, -0.25) is 10.1 Å². The van der Waals surface area contributed by atoms with E-state index in [9.17, 15) is 15.2 Å². The normalized spacial score (nSPS) is 13.7. The molecular weight excluding hydrogens is 300 g/mol. The van der Waals surface area contributed by atoms with E-state index in [1.165, 1.54) is 5.56 Å². The first-order chi connectivity index (χ1) is 10.6. The Labute approximate surface area is 133 Å². The van der Waals surface area contributed by atoms with Gasteiger partial charge in [0.2, 0.25) is 0 Å². The SMILES string of the molecule is CC(O)CC(CNCc1csc([N+](=O)[O-])c1)c1ccccc1. The molecule has 0 bridgehead atoms. The first-order valence-corrected chi connectivity index (χ1v) is 8.09. The molecule has 2 rings (SSSR count). The van der Waals surface area contributed by atoms with Gasteiger partial charge in [-0.05, 0) is 30.4 Å². The summed E-state index contributed by atoms with van der Waals surface area (Å²) in [6.45, 7) is 3.10. The summed E-state index contributed by atoms with van der Waals surface area (Å²) in [5, 5.41) is 25.6. The predicted octanol–water partition coefficient (Wildman–Crippen LogP) is 3.30. The topological polar surface area (TPSA) is 75.4 Å². The van der Waals surface area contributed by atoms with Crippen LogP contribution in [0.4, 0.5) is 5.00 Å². The van der Waals surface area contributed by atoms with E-state index in [1.54, 1.807) is 18.4 Å². The molecule has 0 spiro atoms. The number of nitrogens with zero attached hydrogens (tertiary/aromatic N) is 1. The molecule has 0 fully saturated rings. The Hall–Kier alpha value is -1.76. The van der Waals surface area contributed by atoms with Crippen molar-refractivity contribution in [2.24, 2.45) is 0 Å². The highest BCUT2D eigenvalue weighted by atomic mass is 32.1. The van der Waals surface area contributed by atoms with Crippen molar-refractivity contribution in [1.82, 2.24) is 5.32 Å². The molecule has 2 aromatic rings. The van der Waals surface area contributed by atoms with Crippen molar-refractivity contribution in [3.63, 3.8) is 0 Å². The van der Waals surface area contributed by atoms with E-state index in [1.807, 2.05) is 18.2 Å². The highest BCUT2D eigenvalue weighted by Gasteiger charge is 2.14. The van der Waals surface area contributed by atoms with Crippen molar-refractivity contribution >= 4 is 16.3 Å². The Morgan fingerprint density at radius 3 is 2.68 bits per heavy atom. The second-order valence-corrected chi connectivity index (χ2v) is 6.26. The number of benzene rings is 1. The minimum atomic E-state index is -0.367. The fourth-order valence-corrected chi connectivity index (χ4v) is 3.15. The lowest BCUT2D eigenvalue weighted by Crippen LogP contribution is -2.23. The van der Waals surface area contributed by atoms with Crippen LogP contribution in [-0.4, -0.2) is 22.7 Å². The van der Waals surface area contributed by atoms with Crippen LogP contribution in [0.3, 0.4) is 0 Å². The molecule has 0 aliphatic heterocycles. The maximum Gasteiger partial charge on any atom is 0.324 e. The van der Waals surface area contributed by atoms with Gasteiger partial charge in [-0.1, -0.05) is 41.7 Å². The molecule has 0 saturated heterocycles. The quantitative estimate of drug-likeness (QED) is 0.578. The van der Waals surface area contributed by atoms with Crippen LogP contribution >= 0.6 is 11.3 Å². The summed E-state index contributed by atoms with van der Waals surface area (Å²) in [4.78, 5) is 10.3. The van der Waals surface area contributed by atoms with E-state index < -0.39 is 0 Å². The second kappa shape index (κ2) is 8.03. The largest absolute Gasteiger partial charge is 0.393 e. The predicted molar refractivity (Wildman–Crippen MR) is 88.2 cm³/mol. The molecule has 2 unspecified atom stereocenters. The van der Waals surface area contributed by atoms with Crippen molar-refractivity contribution in [1.29, 1.82) is 0 Å². The van der Waals surface area contributed by atoms with Crippen LogP contribution < -0.4 is 5.32 Å². The summed E-state index contributed by atoms with van der Waals surface area (Å²) in [6, 6.07) is 11.7. The van der Waals surface area contributed by atoms with Crippen molar-refractivity contribution in [2.75, 3.05) is 6.54 Å². The van der Waals surface area contributed by atoms with Crippen LogP contribution in [-0.2, 0) is 6.54 Å². The lowest BCUT2D eigenvalue weighted by molar-refractivity contribution is -0.380. The summed E-state index contributed by atoms with van der Waals surface area (Å²) >= 11 is 1.14. The third-order valence-electron chi connectivity index (χ3n) is 3.44. The lowest BCUT2D eigenvalue weighted by atomic mass is 9.93. The van der Waals surface area contributed by atoms with Gasteiger partial charge in [0.1, 0.15) is 0 Å². The molecule has 0 aliphatic rings. The van der Waals surface area contributed by atoms with Crippen molar-refractivity contribution in [2.45, 2.75) is 31.9 Å². The minimum absolute atomic E-state index is 0.167. The summed E-state index contributed by atoms with van der Waals surface area (Å²) in [5.41, 5.74) is 2.10. The molecular formula is C16H20N2O3S. The fourth-order valence-electron chi connectivity index (χ4n) is 2.42. The zero-order chi connectivity index (χ0) is 15.9. The van der Waals surface area contributed by atoms with Gasteiger partial charge in [-0.25, -0.2) is 0 Å². The number of hydrogen-bond acceptors (Lipinski definition) is 5. The number of aliphatic hydroxyl groups excluding tert-OH is 1. The molecule has 0 radical (unpaired) electrons. The summed E-state index contributed by atoms with van der Waals surface area (Å²) in [7, 11) is 0. The van der Waals surface area contributed by atoms with Crippen LogP contribution in [0.1, 0.15) is 30.4 Å². The number of nitrogens with one attached hydrogen (secondary N) is 1. The number of nitro groups is 1.